The van der Waals surface area contributed by atoms with Gasteiger partial charge in [0.2, 0.25) is 0 Å². The molecule has 2 N–H and O–H groups in total. The van der Waals surface area contributed by atoms with Crippen molar-refractivity contribution in [3.63, 3.8) is 0 Å². The van der Waals surface area contributed by atoms with Crippen molar-refractivity contribution in [1.82, 2.24) is 15.0 Å². The molecule has 0 unspecified atom stereocenters. The van der Waals surface area contributed by atoms with Crippen molar-refractivity contribution in [1.29, 1.82) is 0 Å². The van der Waals surface area contributed by atoms with Crippen molar-refractivity contribution in [3.05, 3.63) is 49.9 Å². The Morgan fingerprint density at radius 3 is 2.28 bits per heavy atom. The Balaban J connectivity index is 2.12. The SMILES string of the molecule is CC(C)c1nc2c(c(I)c1[C@H](O)c1cnc(C(C)(C)C)nc1)[C@@H](O)CC(C)(C)C2. The molecular formula is C23H32IN3O2. The van der Waals surface area contributed by atoms with E-state index in [1.165, 1.54) is 0 Å². The topological polar surface area (TPSA) is 79.1 Å². The maximum Gasteiger partial charge on any atom is 0.133 e. The van der Waals surface area contributed by atoms with E-state index in [4.69, 9.17) is 4.98 Å². The summed E-state index contributed by atoms with van der Waals surface area (Å²) < 4.78 is 0.909. The third-order valence-electron chi connectivity index (χ3n) is 5.52. The third kappa shape index (κ3) is 4.49. The standard InChI is InChI=1S/C23H32IN3O2/c1-12(2)19-17(20(29)13-10-25-21(26-11-13)22(3,4)5)18(24)16-14(27-19)8-23(6,7)9-15(16)28/h10-12,15,20,28-29H,8-9H2,1-7H3/t15-,20+/m0/s1. The number of aromatic nitrogens is 3. The molecule has 0 saturated heterocycles. The molecule has 2 heterocycles. The number of fused-ring (bicyclic) bond motifs is 1. The molecular weight excluding hydrogens is 477 g/mol. The van der Waals surface area contributed by atoms with Gasteiger partial charge in [0.1, 0.15) is 11.9 Å². The predicted octanol–water partition coefficient (Wildman–Crippen LogP) is 4.98. The molecule has 2 atom stereocenters. The van der Waals surface area contributed by atoms with Gasteiger partial charge in [-0.15, -0.1) is 0 Å². The number of rotatable bonds is 3. The summed E-state index contributed by atoms with van der Waals surface area (Å²) in [5, 5.41) is 22.1. The highest BCUT2D eigenvalue weighted by Gasteiger charge is 2.36. The molecule has 0 fully saturated rings. The highest BCUT2D eigenvalue weighted by Crippen LogP contribution is 2.45. The molecule has 29 heavy (non-hydrogen) atoms. The summed E-state index contributed by atoms with van der Waals surface area (Å²) in [5.74, 6) is 0.892. The summed E-state index contributed by atoms with van der Waals surface area (Å²) in [7, 11) is 0. The monoisotopic (exact) mass is 509 g/mol. The van der Waals surface area contributed by atoms with Gasteiger partial charge in [-0.2, -0.15) is 0 Å². The molecule has 158 valence electrons. The molecule has 0 aromatic carbocycles. The van der Waals surface area contributed by atoms with Gasteiger partial charge in [-0.1, -0.05) is 48.5 Å². The highest BCUT2D eigenvalue weighted by atomic mass is 127. The lowest BCUT2D eigenvalue weighted by atomic mass is 9.74. The van der Waals surface area contributed by atoms with Crippen molar-refractivity contribution in [2.24, 2.45) is 5.41 Å². The Morgan fingerprint density at radius 1 is 1.17 bits per heavy atom. The van der Waals surface area contributed by atoms with Crippen LogP contribution in [0.2, 0.25) is 0 Å². The van der Waals surface area contributed by atoms with Gasteiger partial charge in [0.05, 0.1) is 11.8 Å². The van der Waals surface area contributed by atoms with Crippen molar-refractivity contribution < 1.29 is 10.2 Å². The van der Waals surface area contributed by atoms with Gasteiger partial charge in [-0.25, -0.2) is 9.97 Å². The van der Waals surface area contributed by atoms with E-state index in [9.17, 15) is 10.2 Å². The van der Waals surface area contributed by atoms with Crippen LogP contribution in [0.15, 0.2) is 12.4 Å². The highest BCUT2D eigenvalue weighted by molar-refractivity contribution is 14.1. The van der Waals surface area contributed by atoms with Crippen LogP contribution in [0.25, 0.3) is 0 Å². The Morgan fingerprint density at radius 2 is 1.76 bits per heavy atom. The van der Waals surface area contributed by atoms with Gasteiger partial charge in [0.25, 0.3) is 0 Å². The second-order valence-corrected chi connectivity index (χ2v) is 11.4. The van der Waals surface area contributed by atoms with Gasteiger partial charge in [0, 0.05) is 43.8 Å². The molecule has 0 amide bonds. The minimum Gasteiger partial charge on any atom is -0.388 e. The molecule has 5 nitrogen and oxygen atoms in total. The maximum atomic E-state index is 11.3. The van der Waals surface area contributed by atoms with E-state index >= 15 is 0 Å². The van der Waals surface area contributed by atoms with Crippen LogP contribution in [0.1, 0.15) is 107 Å². The van der Waals surface area contributed by atoms with Crippen molar-refractivity contribution in [3.8, 4) is 0 Å². The molecule has 1 aliphatic carbocycles. The molecule has 0 saturated carbocycles. The Kier molecular flexibility index (Phi) is 6.11. The van der Waals surface area contributed by atoms with Crippen LogP contribution >= 0.6 is 22.6 Å². The van der Waals surface area contributed by atoms with Gasteiger partial charge < -0.3 is 10.2 Å². The number of aliphatic hydroxyl groups excluding tert-OH is 2. The Hall–Kier alpha value is -1.12. The molecule has 2 aromatic rings. The first-order chi connectivity index (χ1) is 13.3. The second-order valence-electron chi connectivity index (χ2n) is 10.3. The fraction of sp³-hybridized carbons (Fsp3) is 0.609. The first-order valence-electron chi connectivity index (χ1n) is 10.2. The number of nitrogens with zero attached hydrogens (tertiary/aromatic N) is 3. The zero-order valence-corrected chi connectivity index (χ0v) is 20.6. The summed E-state index contributed by atoms with van der Waals surface area (Å²) in [4.78, 5) is 13.9. The quantitative estimate of drug-likeness (QED) is 0.571. The largest absolute Gasteiger partial charge is 0.388 e. The molecule has 0 spiro atoms. The van der Waals surface area contributed by atoms with Crippen LogP contribution in [-0.2, 0) is 11.8 Å². The maximum absolute atomic E-state index is 11.3. The van der Waals surface area contributed by atoms with Crippen LogP contribution in [0.3, 0.4) is 0 Å². The van der Waals surface area contributed by atoms with E-state index < -0.39 is 12.2 Å². The van der Waals surface area contributed by atoms with E-state index in [-0.39, 0.29) is 16.7 Å². The first-order valence-corrected chi connectivity index (χ1v) is 11.3. The number of aliphatic hydroxyl groups is 2. The lowest BCUT2D eigenvalue weighted by molar-refractivity contribution is 0.0966. The van der Waals surface area contributed by atoms with Crippen LogP contribution in [0, 0.1) is 8.99 Å². The first kappa shape index (κ1) is 22.6. The zero-order valence-electron chi connectivity index (χ0n) is 18.4. The number of hydrogen-bond acceptors (Lipinski definition) is 5. The predicted molar refractivity (Wildman–Crippen MR) is 123 cm³/mol. The summed E-state index contributed by atoms with van der Waals surface area (Å²) in [6.07, 6.45) is 3.48. The lowest BCUT2D eigenvalue weighted by Crippen LogP contribution is -2.29. The summed E-state index contributed by atoms with van der Waals surface area (Å²) in [6.45, 7) is 14.7. The van der Waals surface area contributed by atoms with Crippen LogP contribution in [0.5, 0.6) is 0 Å². The zero-order chi connectivity index (χ0) is 21.7. The third-order valence-corrected chi connectivity index (χ3v) is 6.68. The van der Waals surface area contributed by atoms with Crippen LogP contribution in [0.4, 0.5) is 0 Å². The average Bonchev–Trinajstić information content (AvgIpc) is 2.58. The lowest BCUT2D eigenvalue weighted by Gasteiger charge is -2.36. The fourth-order valence-electron chi connectivity index (χ4n) is 4.01. The fourth-order valence-corrected chi connectivity index (χ4v) is 5.25. The summed E-state index contributed by atoms with van der Waals surface area (Å²) in [6, 6.07) is 0. The molecule has 1 aliphatic rings. The summed E-state index contributed by atoms with van der Waals surface area (Å²) >= 11 is 2.27. The Bertz CT molecular complexity index is 902. The normalized spacial score (nSPS) is 19.9. The van der Waals surface area contributed by atoms with E-state index in [0.29, 0.717) is 12.0 Å². The molecule has 0 bridgehead atoms. The number of hydrogen-bond donors (Lipinski definition) is 2. The van der Waals surface area contributed by atoms with Crippen molar-refractivity contribution in [2.45, 2.75) is 84.8 Å². The number of halogens is 1. The van der Waals surface area contributed by atoms with E-state index in [1.54, 1.807) is 12.4 Å². The van der Waals surface area contributed by atoms with E-state index in [1.807, 2.05) is 0 Å². The minimum absolute atomic E-state index is 0.00745. The second kappa shape index (κ2) is 7.85. The minimum atomic E-state index is -0.881. The number of pyridine rings is 1. The van der Waals surface area contributed by atoms with Gasteiger partial charge in [-0.05, 0) is 46.8 Å². The smallest absolute Gasteiger partial charge is 0.133 e. The Labute approximate surface area is 187 Å². The van der Waals surface area contributed by atoms with E-state index in [2.05, 4.69) is 81.0 Å². The van der Waals surface area contributed by atoms with Gasteiger partial charge in [0.15, 0.2) is 0 Å². The summed E-state index contributed by atoms with van der Waals surface area (Å²) in [5.41, 5.74) is 3.98. The van der Waals surface area contributed by atoms with Crippen LogP contribution in [-0.4, -0.2) is 25.2 Å². The molecule has 0 aliphatic heterocycles. The van der Waals surface area contributed by atoms with Gasteiger partial charge in [-0.3, -0.25) is 4.98 Å². The molecule has 2 aromatic heterocycles. The average molecular weight is 509 g/mol. The molecule has 3 rings (SSSR count). The van der Waals surface area contributed by atoms with Crippen molar-refractivity contribution in [2.75, 3.05) is 0 Å². The van der Waals surface area contributed by atoms with E-state index in [0.717, 1.165) is 38.3 Å². The van der Waals surface area contributed by atoms with Gasteiger partial charge >= 0.3 is 0 Å². The van der Waals surface area contributed by atoms with Crippen molar-refractivity contribution >= 4 is 22.6 Å². The molecule has 6 heteroatoms. The van der Waals surface area contributed by atoms with Crippen LogP contribution < -0.4 is 0 Å². The molecule has 0 radical (unpaired) electrons.